The zero-order chi connectivity index (χ0) is 15.2. The van der Waals surface area contributed by atoms with E-state index in [1.165, 1.54) is 4.88 Å². The Balaban J connectivity index is 1.67. The van der Waals surface area contributed by atoms with Crippen LogP contribution < -0.4 is 0 Å². The summed E-state index contributed by atoms with van der Waals surface area (Å²) in [6, 6.07) is 7.69. The largest absolute Gasteiger partial charge is 0.465 e. The van der Waals surface area contributed by atoms with Crippen LogP contribution in [0.1, 0.15) is 23.5 Å². The summed E-state index contributed by atoms with van der Waals surface area (Å²) in [7, 11) is 0. The van der Waals surface area contributed by atoms with E-state index >= 15 is 0 Å². The molecule has 0 saturated carbocycles. The highest BCUT2D eigenvalue weighted by Gasteiger charge is 2.22. The van der Waals surface area contributed by atoms with E-state index in [2.05, 4.69) is 6.07 Å². The van der Waals surface area contributed by atoms with Gasteiger partial charge < -0.3 is 14.1 Å². The topological polar surface area (TPSA) is 42.7 Å². The van der Waals surface area contributed by atoms with E-state index in [4.69, 9.17) is 9.15 Å². The summed E-state index contributed by atoms with van der Waals surface area (Å²) >= 11 is 1.67. The molecular weight excluding hydrogens is 298 g/mol. The number of hydrogen-bond donors (Lipinski definition) is 0. The van der Waals surface area contributed by atoms with Gasteiger partial charge in [0.25, 0.3) is 0 Å². The fourth-order valence-electron chi connectivity index (χ4n) is 2.50. The summed E-state index contributed by atoms with van der Waals surface area (Å²) in [5.41, 5.74) is 0. The fraction of sp³-hybridized carbons (Fsp3) is 0.353. The monoisotopic (exact) mass is 317 g/mol. The smallest absolute Gasteiger partial charge is 0.247 e. The minimum Gasteiger partial charge on any atom is -0.465 e. The van der Waals surface area contributed by atoms with Gasteiger partial charge in [-0.05, 0) is 42.5 Å². The van der Waals surface area contributed by atoms with Crippen molar-refractivity contribution in [1.29, 1.82) is 0 Å². The van der Waals surface area contributed by atoms with E-state index in [1.54, 1.807) is 35.8 Å². The van der Waals surface area contributed by atoms with Crippen molar-refractivity contribution in [3.8, 4) is 0 Å². The Kier molecular flexibility index (Phi) is 5.08. The molecule has 0 aliphatic carbocycles. The molecule has 4 nitrogen and oxygen atoms in total. The second-order valence-electron chi connectivity index (χ2n) is 5.28. The van der Waals surface area contributed by atoms with Crippen molar-refractivity contribution in [2.45, 2.75) is 25.5 Å². The first-order chi connectivity index (χ1) is 10.8. The van der Waals surface area contributed by atoms with Crippen molar-refractivity contribution in [3.63, 3.8) is 0 Å². The lowest BCUT2D eigenvalue weighted by Crippen LogP contribution is -2.35. The third kappa shape index (κ3) is 4.08. The molecule has 2 aromatic heterocycles. The highest BCUT2D eigenvalue weighted by molar-refractivity contribution is 7.09. The molecule has 1 aliphatic heterocycles. The lowest BCUT2D eigenvalue weighted by molar-refractivity contribution is -0.128. The molecule has 1 unspecified atom stereocenters. The Morgan fingerprint density at radius 3 is 3.05 bits per heavy atom. The predicted molar refractivity (Wildman–Crippen MR) is 86.5 cm³/mol. The van der Waals surface area contributed by atoms with Crippen LogP contribution in [0.15, 0.2) is 46.4 Å². The van der Waals surface area contributed by atoms with Crippen LogP contribution in [0.3, 0.4) is 0 Å². The summed E-state index contributed by atoms with van der Waals surface area (Å²) in [4.78, 5) is 15.5. The van der Waals surface area contributed by atoms with Gasteiger partial charge in [-0.1, -0.05) is 6.07 Å². The first kappa shape index (κ1) is 15.1. The summed E-state index contributed by atoms with van der Waals surface area (Å²) in [5, 5.41) is 2.03. The van der Waals surface area contributed by atoms with Gasteiger partial charge in [0.1, 0.15) is 5.76 Å². The van der Waals surface area contributed by atoms with Crippen LogP contribution in [0, 0.1) is 0 Å². The van der Waals surface area contributed by atoms with Crippen LogP contribution in [-0.2, 0) is 16.1 Å². The number of amides is 1. The standard InChI is InChI=1S/C17H19NO3S/c19-17(8-7-14-4-1-9-20-14)18(12-15-5-2-10-21-15)13-16-6-3-11-22-16/h1,3-4,6-9,11,15H,2,5,10,12-13H2/b8-7+. The molecule has 2 aromatic rings. The lowest BCUT2D eigenvalue weighted by atomic mass is 10.2. The third-order valence-electron chi connectivity index (χ3n) is 3.62. The first-order valence-electron chi connectivity index (χ1n) is 7.46. The number of ether oxygens (including phenoxy) is 1. The molecule has 1 atom stereocenters. The van der Waals surface area contributed by atoms with E-state index in [9.17, 15) is 4.79 Å². The van der Waals surface area contributed by atoms with Gasteiger partial charge in [0.2, 0.25) is 5.91 Å². The average Bonchev–Trinajstić information content (AvgIpc) is 3.27. The van der Waals surface area contributed by atoms with Gasteiger partial charge in [0.05, 0.1) is 18.9 Å². The maximum atomic E-state index is 12.5. The van der Waals surface area contributed by atoms with Gasteiger partial charge in [-0.2, -0.15) is 0 Å². The maximum absolute atomic E-state index is 12.5. The van der Waals surface area contributed by atoms with E-state index in [1.807, 2.05) is 22.4 Å². The molecule has 5 heteroatoms. The van der Waals surface area contributed by atoms with E-state index < -0.39 is 0 Å². The normalized spacial score (nSPS) is 18.1. The van der Waals surface area contributed by atoms with Crippen molar-refractivity contribution < 1.29 is 13.9 Å². The Morgan fingerprint density at radius 2 is 2.36 bits per heavy atom. The van der Waals surface area contributed by atoms with Gasteiger partial charge in [-0.15, -0.1) is 11.3 Å². The van der Waals surface area contributed by atoms with Crippen LogP contribution in [0.2, 0.25) is 0 Å². The fourth-order valence-corrected chi connectivity index (χ4v) is 3.22. The lowest BCUT2D eigenvalue weighted by Gasteiger charge is -2.23. The number of nitrogens with zero attached hydrogens (tertiary/aromatic N) is 1. The summed E-state index contributed by atoms with van der Waals surface area (Å²) in [6.45, 7) is 2.06. The molecule has 1 fully saturated rings. The number of hydrogen-bond acceptors (Lipinski definition) is 4. The Morgan fingerprint density at radius 1 is 1.41 bits per heavy atom. The number of carbonyl (C=O) groups is 1. The zero-order valence-electron chi connectivity index (χ0n) is 12.3. The average molecular weight is 317 g/mol. The Labute approximate surface area is 134 Å². The minimum absolute atomic E-state index is 0.0136. The highest BCUT2D eigenvalue weighted by atomic mass is 32.1. The van der Waals surface area contributed by atoms with Gasteiger partial charge in [-0.25, -0.2) is 0 Å². The van der Waals surface area contributed by atoms with Gasteiger partial charge in [-0.3, -0.25) is 4.79 Å². The van der Waals surface area contributed by atoms with Crippen LogP contribution >= 0.6 is 11.3 Å². The van der Waals surface area contributed by atoms with Crippen molar-refractivity contribution in [2.75, 3.05) is 13.2 Å². The highest BCUT2D eigenvalue weighted by Crippen LogP contribution is 2.18. The van der Waals surface area contributed by atoms with Crippen LogP contribution in [0.5, 0.6) is 0 Å². The van der Waals surface area contributed by atoms with Crippen LogP contribution in [0.25, 0.3) is 6.08 Å². The summed E-state index contributed by atoms with van der Waals surface area (Å²) in [5.74, 6) is 0.668. The summed E-state index contributed by atoms with van der Waals surface area (Å²) in [6.07, 6.45) is 7.13. The Bertz CT molecular complexity index is 598. The maximum Gasteiger partial charge on any atom is 0.247 e. The van der Waals surface area contributed by atoms with E-state index in [0.717, 1.165) is 19.4 Å². The molecular formula is C17H19NO3S. The molecule has 116 valence electrons. The number of thiophene rings is 1. The molecule has 0 bridgehead atoms. The van der Waals surface area contributed by atoms with E-state index in [0.29, 0.717) is 18.8 Å². The molecule has 3 rings (SSSR count). The molecule has 1 saturated heterocycles. The molecule has 0 N–H and O–H groups in total. The number of furan rings is 1. The van der Waals surface area contributed by atoms with Crippen LogP contribution in [0.4, 0.5) is 0 Å². The molecule has 0 spiro atoms. The zero-order valence-corrected chi connectivity index (χ0v) is 13.1. The third-order valence-corrected chi connectivity index (χ3v) is 4.48. The molecule has 1 amide bonds. The quantitative estimate of drug-likeness (QED) is 0.765. The van der Waals surface area contributed by atoms with Gasteiger partial charge in [0, 0.05) is 24.1 Å². The van der Waals surface area contributed by atoms with E-state index in [-0.39, 0.29) is 12.0 Å². The molecule has 0 aromatic carbocycles. The van der Waals surface area contributed by atoms with Crippen molar-refractivity contribution in [2.24, 2.45) is 0 Å². The van der Waals surface area contributed by atoms with Crippen molar-refractivity contribution in [3.05, 3.63) is 52.6 Å². The molecule has 3 heterocycles. The van der Waals surface area contributed by atoms with Crippen molar-refractivity contribution in [1.82, 2.24) is 4.90 Å². The van der Waals surface area contributed by atoms with Gasteiger partial charge >= 0.3 is 0 Å². The second-order valence-corrected chi connectivity index (χ2v) is 6.31. The molecule has 22 heavy (non-hydrogen) atoms. The summed E-state index contributed by atoms with van der Waals surface area (Å²) < 4.78 is 10.9. The number of rotatable bonds is 6. The first-order valence-corrected chi connectivity index (χ1v) is 8.34. The molecule has 1 aliphatic rings. The SMILES string of the molecule is O=C(/C=C/c1ccco1)N(Cc1cccs1)CC1CCCO1. The second kappa shape index (κ2) is 7.42. The Hall–Kier alpha value is -1.85. The molecule has 0 radical (unpaired) electrons. The minimum atomic E-state index is -0.0136. The van der Waals surface area contributed by atoms with Crippen LogP contribution in [-0.4, -0.2) is 30.1 Å². The van der Waals surface area contributed by atoms with Gasteiger partial charge in [0.15, 0.2) is 0 Å². The predicted octanol–water partition coefficient (Wildman–Crippen LogP) is 3.56. The van der Waals surface area contributed by atoms with Crippen molar-refractivity contribution >= 4 is 23.3 Å². The number of carbonyl (C=O) groups excluding carboxylic acids is 1.